The van der Waals surface area contributed by atoms with E-state index in [-0.39, 0.29) is 0 Å². The predicted octanol–water partition coefficient (Wildman–Crippen LogP) is 5.69. The van der Waals surface area contributed by atoms with Gasteiger partial charge in [-0.1, -0.05) is 63.3 Å². The standard InChI is InChI=1S/C17H26.CH2O3/c1-2-3-5-8-15-11-13-17(14-12-15)16-9-6-4-7-10-16;2-1(3)4/h11-14,16H,2-10H2,1H3;(H2,2,3,4). The van der Waals surface area contributed by atoms with Gasteiger partial charge in [0.05, 0.1) is 0 Å². The fourth-order valence-corrected chi connectivity index (χ4v) is 2.97. The van der Waals surface area contributed by atoms with Crippen molar-refractivity contribution in [1.29, 1.82) is 0 Å². The maximum atomic E-state index is 8.56. The minimum Gasteiger partial charge on any atom is -0.450 e. The molecule has 0 unspecified atom stereocenters. The molecule has 0 heterocycles. The monoisotopic (exact) mass is 292 g/mol. The van der Waals surface area contributed by atoms with Crippen LogP contribution in [-0.2, 0) is 6.42 Å². The molecule has 0 spiro atoms. The summed E-state index contributed by atoms with van der Waals surface area (Å²) in [6, 6.07) is 9.49. The molecule has 1 aliphatic carbocycles. The van der Waals surface area contributed by atoms with Crippen LogP contribution in [-0.4, -0.2) is 16.4 Å². The Labute approximate surface area is 128 Å². The molecule has 1 fully saturated rings. The third-order valence-electron chi connectivity index (χ3n) is 4.13. The van der Waals surface area contributed by atoms with Gasteiger partial charge in [-0.25, -0.2) is 4.79 Å². The number of benzene rings is 1. The SMILES string of the molecule is CCCCCc1ccc(C2CCCCC2)cc1.O=C(O)O. The zero-order valence-electron chi connectivity index (χ0n) is 13.1. The highest BCUT2D eigenvalue weighted by Crippen LogP contribution is 2.32. The number of hydrogen-bond acceptors (Lipinski definition) is 1. The Morgan fingerprint density at radius 3 is 2.14 bits per heavy atom. The van der Waals surface area contributed by atoms with Crippen LogP contribution in [0.3, 0.4) is 0 Å². The molecule has 0 atom stereocenters. The van der Waals surface area contributed by atoms with Gasteiger partial charge in [-0.2, -0.15) is 0 Å². The summed E-state index contributed by atoms with van der Waals surface area (Å²) in [5, 5.41) is 13.9. The van der Waals surface area contributed by atoms with E-state index in [1.165, 1.54) is 63.4 Å². The van der Waals surface area contributed by atoms with Crippen LogP contribution in [0.1, 0.15) is 75.3 Å². The van der Waals surface area contributed by atoms with Crippen molar-refractivity contribution in [3.05, 3.63) is 35.4 Å². The highest BCUT2D eigenvalue weighted by molar-refractivity contribution is 5.53. The molecule has 0 aromatic heterocycles. The molecule has 2 N–H and O–H groups in total. The van der Waals surface area contributed by atoms with Gasteiger partial charge < -0.3 is 10.2 Å². The number of hydrogen-bond donors (Lipinski definition) is 2. The van der Waals surface area contributed by atoms with E-state index >= 15 is 0 Å². The summed E-state index contributed by atoms with van der Waals surface area (Å²) in [6.45, 7) is 2.27. The molecular formula is C18H28O3. The Hall–Kier alpha value is -1.51. The van der Waals surface area contributed by atoms with E-state index in [9.17, 15) is 0 Å². The minimum atomic E-state index is -1.83. The number of carbonyl (C=O) groups is 1. The van der Waals surface area contributed by atoms with Crippen LogP contribution >= 0.6 is 0 Å². The first kappa shape index (κ1) is 17.5. The smallest absolute Gasteiger partial charge is 0.450 e. The molecule has 0 amide bonds. The first-order chi connectivity index (χ1) is 10.1. The Bertz CT molecular complexity index is 387. The van der Waals surface area contributed by atoms with E-state index in [2.05, 4.69) is 31.2 Å². The molecule has 1 aromatic rings. The van der Waals surface area contributed by atoms with Crippen molar-refractivity contribution in [1.82, 2.24) is 0 Å². The molecule has 3 nitrogen and oxygen atoms in total. The van der Waals surface area contributed by atoms with E-state index < -0.39 is 6.16 Å². The first-order valence-corrected chi connectivity index (χ1v) is 8.14. The van der Waals surface area contributed by atoms with Gasteiger partial charge in [0.2, 0.25) is 0 Å². The second-order valence-corrected chi connectivity index (χ2v) is 5.82. The third kappa shape index (κ3) is 7.74. The van der Waals surface area contributed by atoms with Gasteiger partial charge >= 0.3 is 6.16 Å². The van der Waals surface area contributed by atoms with Crippen molar-refractivity contribution in [2.45, 2.75) is 70.6 Å². The van der Waals surface area contributed by atoms with Gasteiger partial charge in [0.15, 0.2) is 0 Å². The van der Waals surface area contributed by atoms with Crippen molar-refractivity contribution >= 4 is 6.16 Å². The van der Waals surface area contributed by atoms with Gasteiger partial charge in [0.25, 0.3) is 0 Å². The summed E-state index contributed by atoms with van der Waals surface area (Å²) >= 11 is 0. The number of carboxylic acid groups (broad SMARTS) is 2. The number of aryl methyl sites for hydroxylation is 1. The molecule has 2 rings (SSSR count). The lowest BCUT2D eigenvalue weighted by molar-refractivity contribution is 0.137. The molecule has 3 heteroatoms. The normalized spacial score (nSPS) is 15.1. The topological polar surface area (TPSA) is 57.5 Å². The van der Waals surface area contributed by atoms with Crippen molar-refractivity contribution in [2.75, 3.05) is 0 Å². The van der Waals surface area contributed by atoms with E-state index in [0.717, 1.165) is 5.92 Å². The van der Waals surface area contributed by atoms with E-state index in [1.807, 2.05) is 0 Å². The second kappa shape index (κ2) is 10.3. The van der Waals surface area contributed by atoms with Gasteiger partial charge in [-0.3, -0.25) is 0 Å². The maximum absolute atomic E-state index is 8.56. The summed E-state index contributed by atoms with van der Waals surface area (Å²) in [7, 11) is 0. The van der Waals surface area contributed by atoms with Gasteiger partial charge in [0, 0.05) is 0 Å². The maximum Gasteiger partial charge on any atom is 0.503 e. The Kier molecular flexibility index (Phi) is 8.56. The summed E-state index contributed by atoms with van der Waals surface area (Å²) in [5.41, 5.74) is 3.11. The molecule has 0 saturated heterocycles. The quantitative estimate of drug-likeness (QED) is 0.685. The van der Waals surface area contributed by atoms with Gasteiger partial charge in [0.1, 0.15) is 0 Å². The highest BCUT2D eigenvalue weighted by atomic mass is 16.6. The molecule has 0 bridgehead atoms. The molecule has 1 saturated carbocycles. The lowest BCUT2D eigenvalue weighted by Crippen LogP contribution is -2.04. The van der Waals surface area contributed by atoms with Crippen LogP contribution in [0, 0.1) is 0 Å². The van der Waals surface area contributed by atoms with Crippen molar-refractivity contribution in [3.8, 4) is 0 Å². The van der Waals surface area contributed by atoms with Gasteiger partial charge in [-0.05, 0) is 42.7 Å². The summed E-state index contributed by atoms with van der Waals surface area (Å²) < 4.78 is 0. The molecule has 1 aliphatic rings. The Balaban J connectivity index is 0.000000491. The van der Waals surface area contributed by atoms with Crippen LogP contribution in [0.2, 0.25) is 0 Å². The van der Waals surface area contributed by atoms with Crippen LogP contribution in [0.15, 0.2) is 24.3 Å². The number of unbranched alkanes of at least 4 members (excludes halogenated alkanes) is 2. The van der Waals surface area contributed by atoms with Crippen LogP contribution in [0.4, 0.5) is 4.79 Å². The van der Waals surface area contributed by atoms with Crippen molar-refractivity contribution in [2.24, 2.45) is 0 Å². The molecular weight excluding hydrogens is 264 g/mol. The van der Waals surface area contributed by atoms with E-state index in [0.29, 0.717) is 0 Å². The van der Waals surface area contributed by atoms with E-state index in [4.69, 9.17) is 15.0 Å². The molecule has 1 aromatic carbocycles. The van der Waals surface area contributed by atoms with Crippen molar-refractivity contribution < 1.29 is 15.0 Å². The fourth-order valence-electron chi connectivity index (χ4n) is 2.97. The molecule has 0 aliphatic heterocycles. The van der Waals surface area contributed by atoms with Crippen molar-refractivity contribution in [3.63, 3.8) is 0 Å². The largest absolute Gasteiger partial charge is 0.503 e. The average Bonchev–Trinajstić information content (AvgIpc) is 2.49. The minimum absolute atomic E-state index is 0.855. The fraction of sp³-hybridized carbons (Fsp3) is 0.611. The lowest BCUT2D eigenvalue weighted by Gasteiger charge is -2.22. The molecule has 21 heavy (non-hydrogen) atoms. The zero-order valence-corrected chi connectivity index (χ0v) is 13.1. The molecule has 0 radical (unpaired) electrons. The van der Waals surface area contributed by atoms with Gasteiger partial charge in [-0.15, -0.1) is 0 Å². The van der Waals surface area contributed by atoms with Crippen LogP contribution in [0.5, 0.6) is 0 Å². The highest BCUT2D eigenvalue weighted by Gasteiger charge is 2.14. The Morgan fingerprint density at radius 2 is 1.62 bits per heavy atom. The predicted molar refractivity (Wildman–Crippen MR) is 86.2 cm³/mol. The summed E-state index contributed by atoms with van der Waals surface area (Å²) in [4.78, 5) is 8.56. The first-order valence-electron chi connectivity index (χ1n) is 8.14. The summed E-state index contributed by atoms with van der Waals surface area (Å²) in [6.07, 6.45) is 10.6. The molecule has 118 valence electrons. The third-order valence-corrected chi connectivity index (χ3v) is 4.13. The average molecular weight is 292 g/mol. The van der Waals surface area contributed by atoms with E-state index in [1.54, 1.807) is 5.56 Å². The number of rotatable bonds is 5. The zero-order chi connectivity index (χ0) is 15.5. The van der Waals surface area contributed by atoms with Crippen LogP contribution in [0.25, 0.3) is 0 Å². The second-order valence-electron chi connectivity index (χ2n) is 5.82. The summed E-state index contributed by atoms with van der Waals surface area (Å²) in [5.74, 6) is 0.855. The van der Waals surface area contributed by atoms with Crippen LogP contribution < -0.4 is 0 Å². The lowest BCUT2D eigenvalue weighted by atomic mass is 9.84. The Morgan fingerprint density at radius 1 is 1.05 bits per heavy atom.